The zero-order valence-corrected chi connectivity index (χ0v) is 16.9. The van der Waals surface area contributed by atoms with Gasteiger partial charge >= 0.3 is 0 Å². The standard InChI is InChI=1S/C24H22ClN3O/c25-21-15-23(28-13-5-8-17-6-1-2-7-18(17)16-28)27-22-11-10-19(14-20(21)22)29-24-9-3-4-12-26-24/h3-4,6-7,9-12,14-15H,1-2,5,8,13,16H2. The molecular weight excluding hydrogens is 382 g/mol. The molecule has 5 heteroatoms. The van der Waals surface area contributed by atoms with Crippen LogP contribution in [0.5, 0.6) is 11.6 Å². The highest BCUT2D eigenvalue weighted by Gasteiger charge is 2.20. The number of aromatic nitrogens is 2. The van der Waals surface area contributed by atoms with Gasteiger partial charge in [-0.05, 0) is 67.2 Å². The molecule has 0 amide bonds. The predicted molar refractivity (Wildman–Crippen MR) is 118 cm³/mol. The van der Waals surface area contributed by atoms with Crippen LogP contribution in [0.4, 0.5) is 5.82 Å². The summed E-state index contributed by atoms with van der Waals surface area (Å²) < 4.78 is 5.84. The Hall–Kier alpha value is -2.85. The van der Waals surface area contributed by atoms with E-state index in [4.69, 9.17) is 21.3 Å². The summed E-state index contributed by atoms with van der Waals surface area (Å²) in [7, 11) is 0. The van der Waals surface area contributed by atoms with Gasteiger partial charge < -0.3 is 9.64 Å². The van der Waals surface area contributed by atoms with Crippen LogP contribution in [0, 0.1) is 0 Å². The molecule has 0 atom stereocenters. The van der Waals surface area contributed by atoms with Crippen LogP contribution >= 0.6 is 11.6 Å². The van der Waals surface area contributed by atoms with E-state index in [0.717, 1.165) is 49.1 Å². The first-order valence-electron chi connectivity index (χ1n) is 10.1. The average molecular weight is 404 g/mol. The van der Waals surface area contributed by atoms with Gasteiger partial charge in [0.05, 0.1) is 10.5 Å². The van der Waals surface area contributed by atoms with Crippen LogP contribution in [0.15, 0.2) is 72.0 Å². The SMILES string of the molecule is Clc1cc(N2CCCC3=CCCC=C3C2)nc2ccc(Oc3ccccn3)cc12. The molecule has 0 N–H and O–H groups in total. The van der Waals surface area contributed by atoms with Crippen LogP contribution in [0.3, 0.4) is 0 Å². The minimum absolute atomic E-state index is 0.557. The van der Waals surface area contributed by atoms with Crippen molar-refractivity contribution in [2.24, 2.45) is 0 Å². The second kappa shape index (κ2) is 7.88. The molecule has 0 spiro atoms. The summed E-state index contributed by atoms with van der Waals surface area (Å²) >= 11 is 6.67. The first kappa shape index (κ1) is 18.2. The Morgan fingerprint density at radius 2 is 1.90 bits per heavy atom. The molecule has 1 fully saturated rings. The Kier molecular flexibility index (Phi) is 4.94. The summed E-state index contributed by atoms with van der Waals surface area (Å²) in [4.78, 5) is 11.5. The van der Waals surface area contributed by atoms with Gasteiger partial charge in [0.1, 0.15) is 11.6 Å². The third-order valence-corrected chi connectivity index (χ3v) is 5.81. The molecule has 0 radical (unpaired) electrons. The summed E-state index contributed by atoms with van der Waals surface area (Å²) in [6, 6.07) is 13.4. The number of ether oxygens (including phenoxy) is 1. The van der Waals surface area contributed by atoms with Crippen molar-refractivity contribution in [1.82, 2.24) is 9.97 Å². The number of hydrogen-bond donors (Lipinski definition) is 0. The lowest BCUT2D eigenvalue weighted by Gasteiger charge is -2.24. The van der Waals surface area contributed by atoms with Crippen molar-refractivity contribution in [3.63, 3.8) is 0 Å². The van der Waals surface area contributed by atoms with E-state index in [1.165, 1.54) is 17.6 Å². The number of hydrogen-bond acceptors (Lipinski definition) is 4. The lowest BCUT2D eigenvalue weighted by atomic mass is 9.95. The van der Waals surface area contributed by atoms with E-state index in [1.54, 1.807) is 6.20 Å². The monoisotopic (exact) mass is 403 g/mol. The molecule has 0 unspecified atom stereocenters. The van der Waals surface area contributed by atoms with Crippen LogP contribution in [-0.4, -0.2) is 23.1 Å². The van der Waals surface area contributed by atoms with E-state index >= 15 is 0 Å². The van der Waals surface area contributed by atoms with Gasteiger partial charge in [-0.25, -0.2) is 9.97 Å². The molecule has 5 rings (SSSR count). The number of nitrogens with zero attached hydrogens (tertiary/aromatic N) is 3. The topological polar surface area (TPSA) is 38.2 Å². The molecule has 0 bridgehead atoms. The number of halogens is 1. The third-order valence-electron chi connectivity index (χ3n) is 5.50. The fraction of sp³-hybridized carbons (Fsp3) is 0.250. The zero-order valence-electron chi connectivity index (χ0n) is 16.1. The van der Waals surface area contributed by atoms with E-state index in [2.05, 4.69) is 22.0 Å². The van der Waals surface area contributed by atoms with Crippen LogP contribution in [0.25, 0.3) is 10.9 Å². The Morgan fingerprint density at radius 1 is 1.00 bits per heavy atom. The Balaban J connectivity index is 1.44. The van der Waals surface area contributed by atoms with Gasteiger partial charge in [0.15, 0.2) is 0 Å². The maximum absolute atomic E-state index is 6.67. The van der Waals surface area contributed by atoms with E-state index in [1.807, 2.05) is 42.5 Å². The van der Waals surface area contributed by atoms with Gasteiger partial charge in [-0.3, -0.25) is 0 Å². The average Bonchev–Trinajstić information content (AvgIpc) is 2.97. The zero-order chi connectivity index (χ0) is 19.6. The Labute approximate surface area is 175 Å². The number of anilines is 1. The third kappa shape index (κ3) is 3.85. The van der Waals surface area contributed by atoms with Gasteiger partial charge in [-0.2, -0.15) is 0 Å². The molecule has 3 aromatic rings. The van der Waals surface area contributed by atoms with Crippen molar-refractivity contribution in [2.45, 2.75) is 25.7 Å². The van der Waals surface area contributed by atoms with Gasteiger partial charge in [-0.15, -0.1) is 0 Å². The van der Waals surface area contributed by atoms with Gasteiger partial charge in [0, 0.05) is 30.7 Å². The van der Waals surface area contributed by atoms with Crippen molar-refractivity contribution in [3.05, 3.63) is 77.0 Å². The highest BCUT2D eigenvalue weighted by Crippen LogP contribution is 2.34. The van der Waals surface area contributed by atoms with Crippen LogP contribution < -0.4 is 9.64 Å². The van der Waals surface area contributed by atoms with E-state index in [9.17, 15) is 0 Å². The molecule has 2 aromatic heterocycles. The molecule has 1 aromatic carbocycles. The summed E-state index contributed by atoms with van der Waals surface area (Å²) in [5.41, 5.74) is 3.84. The maximum Gasteiger partial charge on any atom is 0.219 e. The highest BCUT2D eigenvalue weighted by atomic mass is 35.5. The molecule has 29 heavy (non-hydrogen) atoms. The second-order valence-corrected chi connectivity index (χ2v) is 7.88. The number of allylic oxidation sites excluding steroid dienone is 2. The minimum atomic E-state index is 0.557. The Morgan fingerprint density at radius 3 is 2.76 bits per heavy atom. The molecule has 2 aliphatic rings. The lowest BCUT2D eigenvalue weighted by molar-refractivity contribution is 0.463. The second-order valence-electron chi connectivity index (χ2n) is 7.47. The molecule has 1 aliphatic carbocycles. The van der Waals surface area contributed by atoms with Gasteiger partial charge in [-0.1, -0.05) is 29.8 Å². The molecule has 3 heterocycles. The van der Waals surface area contributed by atoms with Crippen molar-refractivity contribution >= 4 is 28.3 Å². The lowest BCUT2D eigenvalue weighted by Crippen LogP contribution is -2.26. The van der Waals surface area contributed by atoms with Crippen LogP contribution in [-0.2, 0) is 0 Å². The van der Waals surface area contributed by atoms with Crippen molar-refractivity contribution in [1.29, 1.82) is 0 Å². The van der Waals surface area contributed by atoms with Gasteiger partial charge in [0.25, 0.3) is 0 Å². The number of pyridine rings is 2. The first-order valence-corrected chi connectivity index (χ1v) is 10.5. The van der Waals surface area contributed by atoms with E-state index in [-0.39, 0.29) is 0 Å². The van der Waals surface area contributed by atoms with Crippen LogP contribution in [0.2, 0.25) is 5.02 Å². The quantitative estimate of drug-likeness (QED) is 0.512. The van der Waals surface area contributed by atoms with Crippen molar-refractivity contribution < 1.29 is 4.74 Å². The molecule has 1 aliphatic heterocycles. The summed E-state index contributed by atoms with van der Waals surface area (Å²) in [6.45, 7) is 1.89. The smallest absolute Gasteiger partial charge is 0.219 e. The van der Waals surface area contributed by atoms with Crippen molar-refractivity contribution in [3.8, 4) is 11.6 Å². The Bertz CT molecular complexity index is 1110. The fourth-order valence-corrected chi connectivity index (χ4v) is 4.30. The molecular formula is C24H22ClN3O. The van der Waals surface area contributed by atoms with E-state index < -0.39 is 0 Å². The summed E-state index contributed by atoms with van der Waals surface area (Å²) in [5.74, 6) is 2.19. The number of fused-ring (bicyclic) bond motifs is 2. The van der Waals surface area contributed by atoms with E-state index in [0.29, 0.717) is 16.7 Å². The minimum Gasteiger partial charge on any atom is -0.439 e. The van der Waals surface area contributed by atoms with Gasteiger partial charge in [0.2, 0.25) is 5.88 Å². The molecule has 4 nitrogen and oxygen atoms in total. The predicted octanol–water partition coefficient (Wildman–Crippen LogP) is 6.32. The van der Waals surface area contributed by atoms with Crippen LogP contribution in [0.1, 0.15) is 25.7 Å². The molecule has 146 valence electrons. The number of rotatable bonds is 3. The number of benzene rings is 1. The van der Waals surface area contributed by atoms with Crippen molar-refractivity contribution in [2.75, 3.05) is 18.0 Å². The largest absolute Gasteiger partial charge is 0.439 e. The molecule has 1 saturated heterocycles. The summed E-state index contributed by atoms with van der Waals surface area (Å²) in [6.07, 6.45) is 11.1. The molecule has 0 saturated carbocycles. The first-order chi connectivity index (χ1) is 14.3. The maximum atomic E-state index is 6.67. The summed E-state index contributed by atoms with van der Waals surface area (Å²) in [5, 5.41) is 1.57. The highest BCUT2D eigenvalue weighted by molar-refractivity contribution is 6.35. The normalized spacial score (nSPS) is 16.7. The fourth-order valence-electron chi connectivity index (χ4n) is 4.05.